The van der Waals surface area contributed by atoms with Crippen molar-refractivity contribution >= 4 is 27.9 Å². The lowest BCUT2D eigenvalue weighted by Gasteiger charge is -2.07. The number of carbonyl (C=O) groups is 1. The number of ether oxygens (including phenoxy) is 1. The standard InChI is InChI=1S/C21H17N3O7S/c1-30-18-9-5-16(6-10-18)21(25)23-22-14-15-3-2-4-19(13-15)31-32(28,29)20-11-7-17(8-12-20)24(26)27/h2-14H,1H3,(H,23,25)/b22-14-. The summed E-state index contributed by atoms with van der Waals surface area (Å²) >= 11 is 0. The van der Waals surface area contributed by atoms with Crippen molar-refractivity contribution in [2.45, 2.75) is 4.90 Å². The predicted molar refractivity (Wildman–Crippen MR) is 115 cm³/mol. The third-order valence-corrected chi connectivity index (χ3v) is 5.39. The number of methoxy groups -OCH3 is 1. The number of hydrogen-bond donors (Lipinski definition) is 1. The fourth-order valence-electron chi connectivity index (χ4n) is 2.53. The second-order valence-corrected chi connectivity index (χ2v) is 7.83. The van der Waals surface area contributed by atoms with Gasteiger partial charge in [0, 0.05) is 17.7 Å². The maximum atomic E-state index is 12.4. The van der Waals surface area contributed by atoms with Crippen LogP contribution in [-0.2, 0) is 10.1 Å². The predicted octanol–water partition coefficient (Wildman–Crippen LogP) is 3.14. The molecule has 0 saturated carbocycles. The van der Waals surface area contributed by atoms with E-state index in [1.54, 1.807) is 36.4 Å². The van der Waals surface area contributed by atoms with Gasteiger partial charge in [0.05, 0.1) is 18.2 Å². The van der Waals surface area contributed by atoms with Crippen molar-refractivity contribution in [3.05, 3.63) is 94.0 Å². The molecular formula is C21H17N3O7S. The van der Waals surface area contributed by atoms with Gasteiger partial charge in [-0.25, -0.2) is 5.43 Å². The van der Waals surface area contributed by atoms with Gasteiger partial charge in [0.15, 0.2) is 0 Å². The monoisotopic (exact) mass is 455 g/mol. The Morgan fingerprint density at radius 2 is 1.72 bits per heavy atom. The first-order valence-electron chi connectivity index (χ1n) is 9.05. The normalized spacial score (nSPS) is 11.2. The van der Waals surface area contributed by atoms with Crippen LogP contribution in [0.25, 0.3) is 0 Å². The molecule has 0 aliphatic carbocycles. The van der Waals surface area contributed by atoms with E-state index >= 15 is 0 Å². The van der Waals surface area contributed by atoms with E-state index in [2.05, 4.69) is 10.5 Å². The van der Waals surface area contributed by atoms with E-state index in [0.29, 0.717) is 16.9 Å². The second kappa shape index (κ2) is 9.71. The molecule has 1 amide bonds. The first-order chi connectivity index (χ1) is 15.3. The van der Waals surface area contributed by atoms with Crippen LogP contribution in [0.2, 0.25) is 0 Å². The summed E-state index contributed by atoms with van der Waals surface area (Å²) in [4.78, 5) is 21.9. The van der Waals surface area contributed by atoms with Crippen molar-refractivity contribution in [3.63, 3.8) is 0 Å². The summed E-state index contributed by atoms with van der Waals surface area (Å²) in [6, 6.07) is 16.8. The van der Waals surface area contributed by atoms with Crippen molar-refractivity contribution in [2.24, 2.45) is 5.10 Å². The summed E-state index contributed by atoms with van der Waals surface area (Å²) in [5, 5.41) is 14.6. The van der Waals surface area contributed by atoms with E-state index in [1.807, 2.05) is 0 Å². The topological polar surface area (TPSA) is 137 Å². The SMILES string of the molecule is COc1ccc(C(=O)N/N=C\c2cccc(OS(=O)(=O)c3ccc([N+](=O)[O-])cc3)c2)cc1. The van der Waals surface area contributed by atoms with Gasteiger partial charge < -0.3 is 8.92 Å². The lowest BCUT2D eigenvalue weighted by atomic mass is 10.2. The molecule has 10 nitrogen and oxygen atoms in total. The zero-order chi connectivity index (χ0) is 23.1. The molecule has 0 spiro atoms. The molecule has 0 aromatic heterocycles. The maximum absolute atomic E-state index is 12.4. The van der Waals surface area contributed by atoms with Crippen molar-refractivity contribution < 1.29 is 27.1 Å². The third-order valence-electron chi connectivity index (χ3n) is 4.13. The molecule has 0 radical (unpaired) electrons. The summed E-state index contributed by atoms with van der Waals surface area (Å²) in [6.07, 6.45) is 1.33. The van der Waals surface area contributed by atoms with Gasteiger partial charge >= 0.3 is 10.1 Å². The molecule has 32 heavy (non-hydrogen) atoms. The Morgan fingerprint density at radius 3 is 2.34 bits per heavy atom. The van der Waals surface area contributed by atoms with Gasteiger partial charge in [-0.15, -0.1) is 0 Å². The van der Waals surface area contributed by atoms with Crippen molar-refractivity contribution in [1.82, 2.24) is 5.43 Å². The van der Waals surface area contributed by atoms with Crippen LogP contribution in [0.1, 0.15) is 15.9 Å². The summed E-state index contributed by atoms with van der Waals surface area (Å²) in [7, 11) is -2.67. The zero-order valence-electron chi connectivity index (χ0n) is 16.7. The van der Waals surface area contributed by atoms with E-state index in [1.165, 1.54) is 25.5 Å². The van der Waals surface area contributed by atoms with Gasteiger partial charge in [0.1, 0.15) is 16.4 Å². The van der Waals surface area contributed by atoms with Crippen molar-refractivity contribution in [2.75, 3.05) is 7.11 Å². The summed E-state index contributed by atoms with van der Waals surface area (Å²) in [6.45, 7) is 0. The number of nitro groups is 1. The van der Waals surface area contributed by atoms with Crippen LogP contribution in [0.15, 0.2) is 82.8 Å². The lowest BCUT2D eigenvalue weighted by molar-refractivity contribution is -0.384. The highest BCUT2D eigenvalue weighted by Crippen LogP contribution is 2.21. The van der Waals surface area contributed by atoms with Crippen LogP contribution in [0, 0.1) is 10.1 Å². The minimum absolute atomic E-state index is 0.00813. The van der Waals surface area contributed by atoms with E-state index in [0.717, 1.165) is 24.3 Å². The lowest BCUT2D eigenvalue weighted by Crippen LogP contribution is -2.17. The summed E-state index contributed by atoms with van der Waals surface area (Å²) in [5.41, 5.74) is 2.98. The Bertz CT molecular complexity index is 1260. The number of rotatable bonds is 8. The van der Waals surface area contributed by atoms with Gasteiger partial charge in [-0.1, -0.05) is 12.1 Å². The molecule has 0 aliphatic rings. The largest absolute Gasteiger partial charge is 0.497 e. The zero-order valence-corrected chi connectivity index (χ0v) is 17.5. The molecule has 0 fully saturated rings. The van der Waals surface area contributed by atoms with E-state index in [9.17, 15) is 23.3 Å². The van der Waals surface area contributed by atoms with Crippen LogP contribution < -0.4 is 14.3 Å². The van der Waals surface area contributed by atoms with Crippen LogP contribution in [0.5, 0.6) is 11.5 Å². The molecule has 0 heterocycles. The summed E-state index contributed by atoms with van der Waals surface area (Å²) in [5.74, 6) is 0.191. The second-order valence-electron chi connectivity index (χ2n) is 6.29. The van der Waals surface area contributed by atoms with Crippen molar-refractivity contribution in [3.8, 4) is 11.5 Å². The average Bonchev–Trinajstić information content (AvgIpc) is 2.79. The Hall–Kier alpha value is -4.25. The molecule has 3 aromatic rings. The van der Waals surface area contributed by atoms with Gasteiger partial charge in [0.25, 0.3) is 11.6 Å². The van der Waals surface area contributed by atoms with Crippen LogP contribution in [-0.4, -0.2) is 32.6 Å². The number of hydrazone groups is 1. The van der Waals surface area contributed by atoms with Crippen LogP contribution in [0.3, 0.4) is 0 Å². The van der Waals surface area contributed by atoms with Gasteiger partial charge in [-0.2, -0.15) is 13.5 Å². The number of non-ortho nitro benzene ring substituents is 1. The van der Waals surface area contributed by atoms with Gasteiger partial charge in [-0.05, 0) is 54.1 Å². The van der Waals surface area contributed by atoms with E-state index in [-0.39, 0.29) is 16.3 Å². The van der Waals surface area contributed by atoms with Crippen molar-refractivity contribution in [1.29, 1.82) is 0 Å². The Labute approximate surface area is 183 Å². The highest BCUT2D eigenvalue weighted by molar-refractivity contribution is 7.87. The first-order valence-corrected chi connectivity index (χ1v) is 10.5. The number of nitro benzene ring substituents is 1. The minimum atomic E-state index is -4.20. The Balaban J connectivity index is 1.66. The molecule has 0 unspecified atom stereocenters. The van der Waals surface area contributed by atoms with Gasteiger partial charge in [0.2, 0.25) is 0 Å². The number of nitrogens with one attached hydrogen (secondary N) is 1. The molecule has 0 saturated heterocycles. The molecule has 3 aromatic carbocycles. The third kappa shape index (κ3) is 5.67. The molecule has 3 rings (SSSR count). The molecule has 0 aliphatic heterocycles. The molecule has 11 heteroatoms. The maximum Gasteiger partial charge on any atom is 0.339 e. The Kier molecular flexibility index (Phi) is 6.80. The van der Waals surface area contributed by atoms with Gasteiger partial charge in [-0.3, -0.25) is 14.9 Å². The minimum Gasteiger partial charge on any atom is -0.497 e. The molecule has 0 bridgehead atoms. The fraction of sp³-hybridized carbons (Fsp3) is 0.0476. The number of carbonyl (C=O) groups excluding carboxylic acids is 1. The highest BCUT2D eigenvalue weighted by Gasteiger charge is 2.18. The number of hydrogen-bond acceptors (Lipinski definition) is 8. The Morgan fingerprint density at radius 1 is 1.03 bits per heavy atom. The first kappa shape index (κ1) is 22.4. The smallest absolute Gasteiger partial charge is 0.339 e. The van der Waals surface area contributed by atoms with Crippen LogP contribution >= 0.6 is 0 Å². The molecule has 1 N–H and O–H groups in total. The highest BCUT2D eigenvalue weighted by atomic mass is 32.2. The average molecular weight is 455 g/mol. The molecular weight excluding hydrogens is 438 g/mol. The fourth-order valence-corrected chi connectivity index (χ4v) is 3.45. The number of nitrogens with zero attached hydrogens (tertiary/aromatic N) is 2. The van der Waals surface area contributed by atoms with E-state index in [4.69, 9.17) is 8.92 Å². The van der Waals surface area contributed by atoms with E-state index < -0.39 is 20.9 Å². The molecule has 0 atom stereocenters. The van der Waals surface area contributed by atoms with Crippen LogP contribution in [0.4, 0.5) is 5.69 Å². The molecule has 164 valence electrons. The number of benzene rings is 3. The quantitative estimate of drug-likeness (QED) is 0.238. The summed E-state index contributed by atoms with van der Waals surface area (Å²) < 4.78 is 34.9. The number of amides is 1.